The number of nitrogens with two attached hydrogens (primary N) is 1. The van der Waals surface area contributed by atoms with Gasteiger partial charge in [-0.1, -0.05) is 17.7 Å². The van der Waals surface area contributed by atoms with Gasteiger partial charge in [-0.3, -0.25) is 0 Å². The summed E-state index contributed by atoms with van der Waals surface area (Å²) in [5, 5.41) is 5.84. The van der Waals surface area contributed by atoms with Crippen LogP contribution in [-0.4, -0.2) is 11.0 Å². The van der Waals surface area contributed by atoms with Crippen molar-refractivity contribution >= 4 is 55.7 Å². The van der Waals surface area contributed by atoms with Gasteiger partial charge in [-0.05, 0) is 34.3 Å². The number of fused-ring (bicyclic) bond motifs is 1. The summed E-state index contributed by atoms with van der Waals surface area (Å²) in [6.07, 6.45) is 1.20. The third kappa shape index (κ3) is 4.36. The monoisotopic (exact) mass is 437 g/mol. The largest absolute Gasteiger partial charge is 0.456 e. The lowest BCUT2D eigenvalue weighted by Crippen LogP contribution is -2.21. The van der Waals surface area contributed by atoms with Crippen molar-refractivity contribution in [3.05, 3.63) is 43.8 Å². The summed E-state index contributed by atoms with van der Waals surface area (Å²) < 4.78 is 6.85. The second-order valence-corrected chi connectivity index (χ2v) is 7.75. The molecule has 0 unspecified atom stereocenters. The summed E-state index contributed by atoms with van der Waals surface area (Å²) in [6, 6.07) is 5.79. The molecule has 0 aromatic carbocycles. The Kier molecular flexibility index (Phi) is 6.02. The molecule has 1 atom stereocenters. The van der Waals surface area contributed by atoms with Gasteiger partial charge in [-0.2, -0.15) is 0 Å². The first-order chi connectivity index (χ1) is 12.1. The lowest BCUT2D eigenvalue weighted by Gasteiger charge is -2.06. The SMILES string of the molecule is CC#CC[C@H](N)Cc1oc2c(NCc3cccs3)cc(Cl)nc2c1Br. The maximum atomic E-state index is 6.19. The highest BCUT2D eigenvalue weighted by Crippen LogP contribution is 2.36. The molecule has 3 N–H and O–H groups in total. The first kappa shape index (κ1) is 18.3. The second-order valence-electron chi connectivity index (χ2n) is 5.54. The summed E-state index contributed by atoms with van der Waals surface area (Å²) in [7, 11) is 0. The van der Waals surface area contributed by atoms with Crippen LogP contribution in [0.2, 0.25) is 5.15 Å². The minimum atomic E-state index is -0.0951. The van der Waals surface area contributed by atoms with Gasteiger partial charge >= 0.3 is 0 Å². The minimum absolute atomic E-state index is 0.0951. The Balaban J connectivity index is 1.89. The molecule has 130 valence electrons. The highest BCUT2D eigenvalue weighted by atomic mass is 79.9. The molecule has 0 fully saturated rings. The lowest BCUT2D eigenvalue weighted by atomic mass is 10.1. The number of hydrogen-bond acceptors (Lipinski definition) is 5. The summed E-state index contributed by atoms with van der Waals surface area (Å²) in [5.41, 5.74) is 8.32. The van der Waals surface area contributed by atoms with Crippen molar-refractivity contribution in [3.8, 4) is 11.8 Å². The van der Waals surface area contributed by atoms with E-state index in [1.165, 1.54) is 4.88 Å². The molecule has 7 heteroatoms. The molecule has 3 aromatic rings. The molecule has 4 nitrogen and oxygen atoms in total. The topological polar surface area (TPSA) is 64.1 Å². The summed E-state index contributed by atoms with van der Waals surface area (Å²) in [4.78, 5) is 5.62. The fourth-order valence-electron chi connectivity index (χ4n) is 2.46. The number of halogens is 2. The van der Waals surface area contributed by atoms with Crippen molar-refractivity contribution in [2.75, 3.05) is 5.32 Å². The number of nitrogens with zero attached hydrogens (tertiary/aromatic N) is 1. The smallest absolute Gasteiger partial charge is 0.177 e. The maximum absolute atomic E-state index is 6.19. The van der Waals surface area contributed by atoms with E-state index >= 15 is 0 Å². The van der Waals surface area contributed by atoms with Crippen LogP contribution in [0.25, 0.3) is 11.1 Å². The van der Waals surface area contributed by atoms with Gasteiger partial charge in [0.25, 0.3) is 0 Å². The fraction of sp³-hybridized carbons (Fsp3) is 0.278. The quantitative estimate of drug-likeness (QED) is 0.410. The van der Waals surface area contributed by atoms with Gasteiger partial charge in [0.05, 0.1) is 10.2 Å². The minimum Gasteiger partial charge on any atom is -0.456 e. The van der Waals surface area contributed by atoms with E-state index in [0.29, 0.717) is 35.6 Å². The zero-order valence-corrected chi connectivity index (χ0v) is 16.8. The molecular weight excluding hydrogens is 422 g/mol. The molecule has 3 aromatic heterocycles. The van der Waals surface area contributed by atoms with Crippen molar-refractivity contribution < 1.29 is 4.42 Å². The zero-order chi connectivity index (χ0) is 17.8. The molecule has 0 radical (unpaired) electrons. The molecule has 25 heavy (non-hydrogen) atoms. The van der Waals surface area contributed by atoms with Crippen LogP contribution in [0.1, 0.15) is 24.0 Å². The van der Waals surface area contributed by atoms with E-state index in [2.05, 4.69) is 44.1 Å². The molecule has 0 aliphatic heterocycles. The summed E-state index contributed by atoms with van der Waals surface area (Å²) in [6.45, 7) is 2.51. The molecule has 3 rings (SSSR count). The Morgan fingerprint density at radius 2 is 2.36 bits per heavy atom. The number of thiophene rings is 1. The first-order valence-electron chi connectivity index (χ1n) is 7.77. The van der Waals surface area contributed by atoms with Crippen LogP contribution in [0.15, 0.2) is 32.5 Å². The van der Waals surface area contributed by atoms with Crippen LogP contribution >= 0.6 is 38.9 Å². The van der Waals surface area contributed by atoms with Crippen LogP contribution < -0.4 is 11.1 Å². The number of hydrogen-bond donors (Lipinski definition) is 2. The highest BCUT2D eigenvalue weighted by molar-refractivity contribution is 9.10. The molecule has 0 aliphatic rings. The molecule has 0 aliphatic carbocycles. The molecule has 0 bridgehead atoms. The van der Waals surface area contributed by atoms with Crippen molar-refractivity contribution in [1.29, 1.82) is 0 Å². The van der Waals surface area contributed by atoms with Gasteiger partial charge in [0.2, 0.25) is 0 Å². The van der Waals surface area contributed by atoms with Crippen LogP contribution in [0, 0.1) is 11.8 Å². The van der Waals surface area contributed by atoms with Gasteiger partial charge in [-0.15, -0.1) is 23.2 Å². The van der Waals surface area contributed by atoms with Gasteiger partial charge in [0.1, 0.15) is 16.4 Å². The van der Waals surface area contributed by atoms with E-state index < -0.39 is 0 Å². The Morgan fingerprint density at radius 3 is 3.08 bits per heavy atom. The summed E-state index contributed by atoms with van der Waals surface area (Å²) >= 11 is 11.5. The lowest BCUT2D eigenvalue weighted by molar-refractivity contribution is 0.514. The van der Waals surface area contributed by atoms with Gasteiger partial charge in [0.15, 0.2) is 5.58 Å². The van der Waals surface area contributed by atoms with E-state index in [0.717, 1.165) is 15.9 Å². The summed E-state index contributed by atoms with van der Waals surface area (Å²) in [5.74, 6) is 6.62. The maximum Gasteiger partial charge on any atom is 0.177 e. The molecule has 0 amide bonds. The fourth-order valence-corrected chi connectivity index (χ4v) is 3.81. The average Bonchev–Trinajstić information content (AvgIpc) is 3.21. The van der Waals surface area contributed by atoms with Crippen LogP contribution in [0.3, 0.4) is 0 Å². The normalized spacial score (nSPS) is 12.0. The predicted octanol–water partition coefficient (Wildman–Crippen LogP) is 5.20. The first-order valence-corrected chi connectivity index (χ1v) is 9.82. The highest BCUT2D eigenvalue weighted by Gasteiger charge is 2.19. The van der Waals surface area contributed by atoms with Crippen molar-refractivity contribution in [2.24, 2.45) is 5.73 Å². The average molecular weight is 439 g/mol. The number of nitrogens with one attached hydrogen (secondary N) is 1. The predicted molar refractivity (Wildman–Crippen MR) is 108 cm³/mol. The molecule has 0 spiro atoms. The van der Waals surface area contributed by atoms with E-state index in [-0.39, 0.29) is 6.04 Å². The number of pyridine rings is 1. The van der Waals surface area contributed by atoms with Crippen molar-refractivity contribution in [3.63, 3.8) is 0 Å². The Labute approximate surface area is 163 Å². The van der Waals surface area contributed by atoms with Crippen LogP contribution in [0.5, 0.6) is 0 Å². The Bertz CT molecular complexity index is 927. The van der Waals surface area contributed by atoms with Crippen LogP contribution in [-0.2, 0) is 13.0 Å². The number of rotatable bonds is 6. The van der Waals surface area contributed by atoms with E-state index in [1.807, 2.05) is 11.4 Å². The number of anilines is 1. The Hall–Kier alpha value is -1.52. The number of aromatic nitrogens is 1. The van der Waals surface area contributed by atoms with Gasteiger partial charge in [0, 0.05) is 36.4 Å². The molecule has 0 saturated carbocycles. The third-order valence-electron chi connectivity index (χ3n) is 3.64. The molecule has 0 saturated heterocycles. The number of furan rings is 1. The van der Waals surface area contributed by atoms with E-state index in [9.17, 15) is 0 Å². The van der Waals surface area contributed by atoms with E-state index in [4.69, 9.17) is 21.8 Å². The van der Waals surface area contributed by atoms with Crippen molar-refractivity contribution in [2.45, 2.75) is 32.4 Å². The third-order valence-corrected chi connectivity index (χ3v) is 5.53. The van der Waals surface area contributed by atoms with Crippen molar-refractivity contribution in [1.82, 2.24) is 4.98 Å². The van der Waals surface area contributed by atoms with Crippen LogP contribution in [0.4, 0.5) is 5.69 Å². The molecular formula is C18H17BrClN3OS. The standard InChI is InChI=1S/C18H17BrClN3OS/c1-2-3-5-11(21)8-14-16(19)17-18(24-14)13(9-15(20)23-17)22-10-12-6-4-7-25-12/h4,6-7,9,11H,5,8,10,21H2,1H3,(H,22,23)/t11-/m0/s1. The molecule has 3 heterocycles. The Morgan fingerprint density at radius 1 is 1.52 bits per heavy atom. The zero-order valence-electron chi connectivity index (χ0n) is 13.6. The van der Waals surface area contributed by atoms with Gasteiger partial charge < -0.3 is 15.5 Å². The van der Waals surface area contributed by atoms with E-state index in [1.54, 1.807) is 24.3 Å². The second kappa shape index (κ2) is 8.24. The van der Waals surface area contributed by atoms with Gasteiger partial charge in [-0.25, -0.2) is 4.98 Å².